The smallest absolute Gasteiger partial charge is 0.414 e. The first-order chi connectivity index (χ1) is 24.6. The van der Waals surface area contributed by atoms with Gasteiger partial charge in [0, 0.05) is 34.0 Å². The first-order valence-electron chi connectivity index (χ1n) is 16.4. The van der Waals surface area contributed by atoms with E-state index in [4.69, 9.17) is 37.4 Å². The van der Waals surface area contributed by atoms with Gasteiger partial charge in [0.25, 0.3) is 0 Å². The van der Waals surface area contributed by atoms with Gasteiger partial charge in [0.05, 0.1) is 38.4 Å². The highest BCUT2D eigenvalue weighted by Gasteiger charge is 2.38. The lowest BCUT2D eigenvalue weighted by atomic mass is 9.80. The SMILES string of the molecule is COc1ccc([C@H](Cc2c(Cl)c[n+](O)cc2Cl)c2c(CN(C(=O)O[C@H]3CN4CCC3CC4)c3cccc(C#N)c3)cccc2C(=O)[O-])cc1OC. The molecule has 1 N–H and O–H groups in total. The van der Waals surface area contributed by atoms with Crippen LogP contribution in [0.4, 0.5) is 10.5 Å². The molecule has 3 aromatic carbocycles. The number of methoxy groups -OCH3 is 2. The largest absolute Gasteiger partial charge is 0.545 e. The van der Waals surface area contributed by atoms with Gasteiger partial charge in [-0.05, 0) is 85.3 Å². The van der Waals surface area contributed by atoms with Gasteiger partial charge in [0.15, 0.2) is 11.5 Å². The fourth-order valence-corrected chi connectivity index (χ4v) is 7.75. The summed E-state index contributed by atoms with van der Waals surface area (Å²) in [4.78, 5) is 30.8. The van der Waals surface area contributed by atoms with Crippen LogP contribution < -0.4 is 24.2 Å². The Morgan fingerprint density at radius 1 is 1.04 bits per heavy atom. The van der Waals surface area contributed by atoms with Crippen molar-refractivity contribution in [1.82, 2.24) is 4.90 Å². The number of carboxylic acid groups (broad SMARTS) is 1. The van der Waals surface area contributed by atoms with Crippen molar-refractivity contribution in [3.05, 3.63) is 116 Å². The molecule has 7 rings (SSSR count). The van der Waals surface area contributed by atoms with E-state index in [1.165, 1.54) is 37.6 Å². The van der Waals surface area contributed by atoms with Gasteiger partial charge in [-0.15, -0.1) is 0 Å². The minimum atomic E-state index is -1.43. The monoisotopic (exact) mass is 730 g/mol. The van der Waals surface area contributed by atoms with Crippen LogP contribution in [0.15, 0.2) is 73.1 Å². The van der Waals surface area contributed by atoms with Gasteiger partial charge in [-0.2, -0.15) is 5.26 Å². The first kappa shape index (κ1) is 35.8. The number of nitriles is 1. The van der Waals surface area contributed by atoms with Crippen molar-refractivity contribution < 1.29 is 38.8 Å². The van der Waals surface area contributed by atoms with Gasteiger partial charge in [-0.3, -0.25) is 15.0 Å². The quantitative estimate of drug-likeness (QED) is 0.159. The van der Waals surface area contributed by atoms with E-state index in [-0.39, 0.29) is 40.6 Å². The van der Waals surface area contributed by atoms with E-state index in [9.17, 15) is 25.2 Å². The number of hydrogen-bond donors (Lipinski definition) is 1. The number of anilines is 1. The summed E-state index contributed by atoms with van der Waals surface area (Å²) in [5, 5.41) is 33.0. The Balaban J connectivity index is 1.50. The van der Waals surface area contributed by atoms with Crippen molar-refractivity contribution in [1.29, 1.82) is 5.26 Å². The second-order valence-electron chi connectivity index (χ2n) is 12.7. The Kier molecular flexibility index (Phi) is 10.9. The number of ether oxygens (including phenoxy) is 3. The first-order valence-corrected chi connectivity index (χ1v) is 17.2. The van der Waals surface area contributed by atoms with E-state index in [1.54, 1.807) is 54.6 Å². The Labute approximate surface area is 305 Å². The fraction of sp³-hybridized carbons (Fsp3) is 0.316. The molecule has 4 aromatic rings. The standard InChI is InChI=1S/C38H36Cl2N4O7/c1-49-33-10-9-25(16-34(33)50-2)29(17-30-31(39)20-43(48)21-32(30)40)36-26(6-4-8-28(36)37(45)46)19-44(27-7-3-5-23(15-27)18-41)38(47)51-35-22-42-13-11-24(35)12-14-42/h3-10,15-16,20-21,24,29,35H,11-14,17,19,22H2,1-2H3,(H-,45,46,48)/t29-,35-/m0/s1. The van der Waals surface area contributed by atoms with E-state index in [1.807, 2.05) is 0 Å². The molecule has 13 heteroatoms. The molecule has 1 amide bonds. The number of aromatic carboxylic acids is 1. The number of carbonyl (C=O) groups is 2. The molecule has 2 atom stereocenters. The summed E-state index contributed by atoms with van der Waals surface area (Å²) in [5.41, 5.74) is 2.54. The molecule has 3 aliphatic rings. The summed E-state index contributed by atoms with van der Waals surface area (Å²) in [6.07, 6.45) is 3.62. The minimum absolute atomic E-state index is 0.0826. The number of benzene rings is 3. The van der Waals surface area contributed by atoms with Crippen LogP contribution in [0, 0.1) is 17.2 Å². The molecule has 3 aliphatic heterocycles. The number of rotatable bonds is 11. The van der Waals surface area contributed by atoms with Gasteiger partial charge in [0.1, 0.15) is 16.1 Å². The van der Waals surface area contributed by atoms with Crippen LogP contribution in [0.25, 0.3) is 0 Å². The van der Waals surface area contributed by atoms with Crippen LogP contribution in [-0.4, -0.2) is 62.1 Å². The predicted octanol–water partition coefficient (Wildman–Crippen LogP) is 5.38. The highest BCUT2D eigenvalue weighted by molar-refractivity contribution is 6.35. The molecule has 11 nitrogen and oxygen atoms in total. The van der Waals surface area contributed by atoms with Crippen LogP contribution in [0.1, 0.15) is 56.9 Å². The van der Waals surface area contributed by atoms with E-state index in [2.05, 4.69) is 11.0 Å². The zero-order chi connectivity index (χ0) is 36.2. The number of halogens is 2. The number of amides is 1. The summed E-state index contributed by atoms with van der Waals surface area (Å²) in [7, 11) is 3.01. The van der Waals surface area contributed by atoms with Crippen molar-refractivity contribution in [3.63, 3.8) is 0 Å². The van der Waals surface area contributed by atoms with E-state index in [0.29, 0.717) is 51.5 Å². The Hall–Kier alpha value is -5.02. The number of aromatic nitrogens is 1. The summed E-state index contributed by atoms with van der Waals surface area (Å²) in [5.74, 6) is -1.06. The number of fused-ring (bicyclic) bond motifs is 3. The molecule has 0 saturated carbocycles. The number of nitrogens with zero attached hydrogens (tertiary/aromatic N) is 4. The minimum Gasteiger partial charge on any atom is -0.545 e. The van der Waals surface area contributed by atoms with Crippen LogP contribution in [0.5, 0.6) is 11.5 Å². The van der Waals surface area contributed by atoms with Crippen LogP contribution in [0.2, 0.25) is 10.0 Å². The molecular formula is C38H36Cl2N4O7. The van der Waals surface area contributed by atoms with Gasteiger partial charge in [0.2, 0.25) is 12.4 Å². The highest BCUT2D eigenvalue weighted by Crippen LogP contribution is 2.41. The molecule has 51 heavy (non-hydrogen) atoms. The molecule has 0 aliphatic carbocycles. The molecule has 0 unspecified atom stereocenters. The second kappa shape index (κ2) is 15.5. The maximum Gasteiger partial charge on any atom is 0.414 e. The average molecular weight is 732 g/mol. The summed E-state index contributed by atoms with van der Waals surface area (Å²) in [6.45, 7) is 2.47. The molecule has 4 heterocycles. The third-order valence-corrected chi connectivity index (χ3v) is 10.4. The lowest BCUT2D eigenvalue weighted by molar-refractivity contribution is -0.904. The number of pyridine rings is 1. The maximum atomic E-state index is 14.2. The normalized spacial score (nSPS) is 18.4. The van der Waals surface area contributed by atoms with E-state index in [0.717, 1.165) is 30.7 Å². The highest BCUT2D eigenvalue weighted by atomic mass is 35.5. The third-order valence-electron chi connectivity index (χ3n) is 9.73. The second-order valence-corrected chi connectivity index (χ2v) is 13.5. The van der Waals surface area contributed by atoms with Crippen molar-refractivity contribution in [2.45, 2.75) is 37.8 Å². The van der Waals surface area contributed by atoms with Crippen LogP contribution in [0.3, 0.4) is 0 Å². The van der Waals surface area contributed by atoms with Gasteiger partial charge >= 0.3 is 6.09 Å². The number of carboxylic acids is 1. The molecule has 3 saturated heterocycles. The summed E-state index contributed by atoms with van der Waals surface area (Å²) < 4.78 is 18.0. The predicted molar refractivity (Wildman–Crippen MR) is 186 cm³/mol. The average Bonchev–Trinajstić information content (AvgIpc) is 3.13. The van der Waals surface area contributed by atoms with Gasteiger partial charge in [-0.1, -0.05) is 53.5 Å². The lowest BCUT2D eigenvalue weighted by Gasteiger charge is -2.44. The number of hydrogen-bond acceptors (Lipinski definition) is 9. The molecular weight excluding hydrogens is 695 g/mol. The topological polar surface area (TPSA) is 139 Å². The lowest BCUT2D eigenvalue weighted by Crippen LogP contribution is -2.53. The summed E-state index contributed by atoms with van der Waals surface area (Å²) >= 11 is 13.2. The van der Waals surface area contributed by atoms with Crippen LogP contribution in [-0.2, 0) is 17.7 Å². The maximum absolute atomic E-state index is 14.2. The zero-order valence-electron chi connectivity index (χ0n) is 28.1. The van der Waals surface area contributed by atoms with E-state index >= 15 is 0 Å². The summed E-state index contributed by atoms with van der Waals surface area (Å²) in [6, 6.07) is 18.8. The zero-order valence-corrected chi connectivity index (χ0v) is 29.6. The van der Waals surface area contributed by atoms with Crippen molar-refractivity contribution in [3.8, 4) is 17.6 Å². The van der Waals surface area contributed by atoms with Gasteiger partial charge < -0.3 is 24.1 Å². The Morgan fingerprint density at radius 3 is 2.37 bits per heavy atom. The molecule has 1 aromatic heterocycles. The Morgan fingerprint density at radius 2 is 1.75 bits per heavy atom. The number of carbonyl (C=O) groups excluding carboxylic acids is 2. The van der Waals surface area contributed by atoms with E-state index < -0.39 is 18.0 Å². The van der Waals surface area contributed by atoms with Crippen molar-refractivity contribution in [2.75, 3.05) is 38.8 Å². The molecule has 264 valence electrons. The number of piperidine rings is 3. The van der Waals surface area contributed by atoms with Crippen molar-refractivity contribution >= 4 is 41.0 Å². The fourth-order valence-electron chi connectivity index (χ4n) is 7.15. The molecule has 0 radical (unpaired) electrons. The molecule has 3 fully saturated rings. The van der Waals surface area contributed by atoms with Gasteiger partial charge in [-0.25, -0.2) is 4.79 Å². The Bertz CT molecular complexity index is 1970. The van der Waals surface area contributed by atoms with Crippen LogP contribution >= 0.6 is 23.2 Å². The third kappa shape index (κ3) is 7.69. The van der Waals surface area contributed by atoms with Crippen molar-refractivity contribution in [2.24, 2.45) is 5.92 Å². The molecule has 2 bridgehead atoms. The molecule has 0 spiro atoms.